The Bertz CT molecular complexity index is 639. The highest BCUT2D eigenvalue weighted by Crippen LogP contribution is 2.16. The first-order chi connectivity index (χ1) is 9.46. The molecule has 0 aliphatic rings. The Labute approximate surface area is 127 Å². The molecule has 0 aliphatic carbocycles. The van der Waals surface area contributed by atoms with Gasteiger partial charge in [-0.2, -0.15) is 11.3 Å². The zero-order chi connectivity index (χ0) is 14.6. The van der Waals surface area contributed by atoms with Crippen LogP contribution in [0.2, 0.25) is 5.02 Å². The van der Waals surface area contributed by atoms with Crippen molar-refractivity contribution >= 4 is 33.0 Å². The van der Waals surface area contributed by atoms with Gasteiger partial charge in [-0.1, -0.05) is 23.7 Å². The smallest absolute Gasteiger partial charge is 0.215 e. The quantitative estimate of drug-likeness (QED) is 0.855. The number of hydrogen-bond acceptors (Lipinski definition) is 4. The minimum absolute atomic E-state index is 0.0351. The van der Waals surface area contributed by atoms with Crippen molar-refractivity contribution in [2.75, 3.05) is 6.54 Å². The largest absolute Gasteiger partial charge is 0.387 e. The summed E-state index contributed by atoms with van der Waals surface area (Å²) in [5, 5.41) is 14.0. The minimum Gasteiger partial charge on any atom is -0.387 e. The van der Waals surface area contributed by atoms with Crippen LogP contribution in [0.1, 0.15) is 17.2 Å². The summed E-state index contributed by atoms with van der Waals surface area (Å²) in [6, 6.07) is 8.38. The van der Waals surface area contributed by atoms with Crippen LogP contribution in [0.25, 0.3) is 0 Å². The average Bonchev–Trinajstić information content (AvgIpc) is 2.93. The van der Waals surface area contributed by atoms with Gasteiger partial charge in [-0.15, -0.1) is 0 Å². The second-order valence-electron chi connectivity index (χ2n) is 4.31. The van der Waals surface area contributed by atoms with Crippen molar-refractivity contribution in [3.8, 4) is 0 Å². The molecule has 2 N–H and O–H groups in total. The Morgan fingerprint density at radius 2 is 1.95 bits per heavy atom. The van der Waals surface area contributed by atoms with Crippen LogP contribution in [0, 0.1) is 0 Å². The molecular weight excluding hydrogens is 318 g/mol. The summed E-state index contributed by atoms with van der Waals surface area (Å²) in [6.45, 7) is -0.0351. The third kappa shape index (κ3) is 4.57. The molecule has 1 atom stereocenters. The number of benzene rings is 1. The van der Waals surface area contributed by atoms with Crippen LogP contribution in [0.3, 0.4) is 0 Å². The van der Waals surface area contributed by atoms with Crippen LogP contribution in [0.15, 0.2) is 41.1 Å². The molecule has 0 bridgehead atoms. The third-order valence-electron chi connectivity index (χ3n) is 2.69. The van der Waals surface area contributed by atoms with E-state index in [2.05, 4.69) is 4.72 Å². The molecule has 0 amide bonds. The van der Waals surface area contributed by atoms with Gasteiger partial charge in [0.15, 0.2) is 0 Å². The number of aliphatic hydroxyl groups excluding tert-OH is 1. The van der Waals surface area contributed by atoms with E-state index in [0.717, 1.165) is 0 Å². The number of rotatable bonds is 6. The van der Waals surface area contributed by atoms with Gasteiger partial charge in [-0.25, -0.2) is 13.1 Å². The number of thiophene rings is 1. The van der Waals surface area contributed by atoms with E-state index in [9.17, 15) is 13.5 Å². The maximum Gasteiger partial charge on any atom is 0.215 e. The number of aliphatic hydroxyl groups is 1. The zero-order valence-electron chi connectivity index (χ0n) is 10.5. The number of hydrogen-bond donors (Lipinski definition) is 2. The van der Waals surface area contributed by atoms with Gasteiger partial charge in [-0.05, 0) is 40.1 Å². The number of nitrogens with one attached hydrogen (secondary N) is 1. The molecule has 0 spiro atoms. The molecule has 0 fully saturated rings. The molecule has 7 heteroatoms. The molecule has 4 nitrogen and oxygen atoms in total. The predicted molar refractivity (Wildman–Crippen MR) is 81.4 cm³/mol. The fourth-order valence-electron chi connectivity index (χ4n) is 1.64. The fourth-order valence-corrected chi connectivity index (χ4v) is 3.62. The van der Waals surface area contributed by atoms with Crippen molar-refractivity contribution in [1.82, 2.24) is 4.72 Å². The van der Waals surface area contributed by atoms with Crippen molar-refractivity contribution in [1.29, 1.82) is 0 Å². The lowest BCUT2D eigenvalue weighted by atomic mass is 10.2. The number of sulfonamides is 1. The van der Waals surface area contributed by atoms with E-state index in [1.54, 1.807) is 35.7 Å². The molecule has 1 heterocycles. The topological polar surface area (TPSA) is 66.4 Å². The first-order valence-corrected chi connectivity index (χ1v) is 8.85. The normalized spacial score (nSPS) is 13.3. The van der Waals surface area contributed by atoms with Gasteiger partial charge in [0.25, 0.3) is 0 Å². The Kier molecular flexibility index (Phi) is 5.17. The van der Waals surface area contributed by atoms with E-state index in [-0.39, 0.29) is 12.3 Å². The lowest BCUT2D eigenvalue weighted by Crippen LogP contribution is -2.29. The van der Waals surface area contributed by atoms with Crippen LogP contribution in [-0.2, 0) is 15.8 Å². The maximum atomic E-state index is 11.9. The molecule has 108 valence electrons. The molecule has 0 saturated heterocycles. The summed E-state index contributed by atoms with van der Waals surface area (Å²) in [4.78, 5) is 0. The Hall–Kier alpha value is -0.920. The van der Waals surface area contributed by atoms with Crippen molar-refractivity contribution < 1.29 is 13.5 Å². The molecule has 2 rings (SSSR count). The van der Waals surface area contributed by atoms with Crippen molar-refractivity contribution in [3.63, 3.8) is 0 Å². The monoisotopic (exact) mass is 331 g/mol. The SMILES string of the molecule is O=S(=O)(Cc1ccc(Cl)cc1)NCC(O)c1ccsc1. The van der Waals surface area contributed by atoms with Crippen LogP contribution >= 0.6 is 22.9 Å². The molecule has 0 aliphatic heterocycles. The van der Waals surface area contributed by atoms with Crippen molar-refractivity contribution in [3.05, 3.63) is 57.2 Å². The molecule has 0 radical (unpaired) electrons. The summed E-state index contributed by atoms with van der Waals surface area (Å²) in [5.41, 5.74) is 1.36. The minimum atomic E-state index is -3.48. The van der Waals surface area contributed by atoms with E-state index < -0.39 is 16.1 Å². The Morgan fingerprint density at radius 3 is 2.55 bits per heavy atom. The Morgan fingerprint density at radius 1 is 1.25 bits per heavy atom. The molecule has 20 heavy (non-hydrogen) atoms. The van der Waals surface area contributed by atoms with Gasteiger partial charge in [-0.3, -0.25) is 0 Å². The second-order valence-corrected chi connectivity index (χ2v) is 7.33. The summed E-state index contributed by atoms with van der Waals surface area (Å²) in [7, 11) is -3.48. The summed E-state index contributed by atoms with van der Waals surface area (Å²) in [5.74, 6) is -0.138. The van der Waals surface area contributed by atoms with Crippen molar-refractivity contribution in [2.45, 2.75) is 11.9 Å². The number of halogens is 1. The molecule has 1 unspecified atom stereocenters. The van der Waals surface area contributed by atoms with Crippen LogP contribution in [0.5, 0.6) is 0 Å². The van der Waals surface area contributed by atoms with Crippen LogP contribution in [-0.4, -0.2) is 20.1 Å². The molecule has 1 aromatic heterocycles. The van der Waals surface area contributed by atoms with Gasteiger partial charge in [0.2, 0.25) is 10.0 Å². The summed E-state index contributed by atoms with van der Waals surface area (Å²) < 4.78 is 26.2. The third-order valence-corrected chi connectivity index (χ3v) is 4.97. The highest BCUT2D eigenvalue weighted by Gasteiger charge is 2.15. The van der Waals surface area contributed by atoms with E-state index in [4.69, 9.17) is 11.6 Å². The van der Waals surface area contributed by atoms with Gasteiger partial charge >= 0.3 is 0 Å². The van der Waals surface area contributed by atoms with E-state index in [1.165, 1.54) is 11.3 Å². The molecule has 2 aromatic rings. The summed E-state index contributed by atoms with van der Waals surface area (Å²) in [6.07, 6.45) is -0.832. The summed E-state index contributed by atoms with van der Waals surface area (Å²) >= 11 is 7.20. The van der Waals surface area contributed by atoms with Gasteiger partial charge < -0.3 is 5.11 Å². The highest BCUT2D eigenvalue weighted by molar-refractivity contribution is 7.88. The average molecular weight is 332 g/mol. The Balaban J connectivity index is 1.92. The highest BCUT2D eigenvalue weighted by atomic mass is 35.5. The molecule has 0 saturated carbocycles. The predicted octanol–water partition coefficient (Wildman–Crippen LogP) is 2.55. The lowest BCUT2D eigenvalue weighted by molar-refractivity contribution is 0.182. The lowest BCUT2D eigenvalue weighted by Gasteiger charge is -2.11. The first-order valence-electron chi connectivity index (χ1n) is 5.88. The first kappa shape index (κ1) is 15.5. The van der Waals surface area contributed by atoms with Crippen LogP contribution < -0.4 is 4.72 Å². The molecular formula is C13H14ClNO3S2. The van der Waals surface area contributed by atoms with Crippen LogP contribution in [0.4, 0.5) is 0 Å². The zero-order valence-corrected chi connectivity index (χ0v) is 12.9. The van der Waals surface area contributed by atoms with E-state index >= 15 is 0 Å². The maximum absolute atomic E-state index is 11.9. The molecule has 1 aromatic carbocycles. The van der Waals surface area contributed by atoms with E-state index in [1.807, 2.05) is 5.38 Å². The van der Waals surface area contributed by atoms with E-state index in [0.29, 0.717) is 16.1 Å². The van der Waals surface area contributed by atoms with Gasteiger partial charge in [0.05, 0.1) is 11.9 Å². The standard InChI is InChI=1S/C13H14ClNO3S2/c14-12-3-1-10(2-4-12)9-20(17,18)15-7-13(16)11-5-6-19-8-11/h1-6,8,13,15-16H,7,9H2. The van der Waals surface area contributed by atoms with Gasteiger partial charge in [0, 0.05) is 11.6 Å². The second kappa shape index (κ2) is 6.69. The van der Waals surface area contributed by atoms with Crippen molar-refractivity contribution in [2.24, 2.45) is 0 Å². The fraction of sp³-hybridized carbons (Fsp3) is 0.231. The van der Waals surface area contributed by atoms with Gasteiger partial charge in [0.1, 0.15) is 0 Å².